The monoisotopic (exact) mass is 220 g/mol. The van der Waals surface area contributed by atoms with Gasteiger partial charge in [0.2, 0.25) is 0 Å². The molecule has 1 atom stereocenters. The summed E-state index contributed by atoms with van der Waals surface area (Å²) in [7, 11) is 0. The largest absolute Gasteiger partial charge is 0.468 e. The minimum atomic E-state index is -0.213. The number of nitrogens with zero attached hydrogens (tertiary/aromatic N) is 1. The molecule has 1 unspecified atom stereocenters. The van der Waals surface area contributed by atoms with E-state index in [1.807, 2.05) is 26.0 Å². The van der Waals surface area contributed by atoms with Crippen molar-refractivity contribution in [3.05, 3.63) is 24.2 Å². The van der Waals surface area contributed by atoms with Crippen LogP contribution in [0.5, 0.6) is 0 Å². The summed E-state index contributed by atoms with van der Waals surface area (Å²) in [4.78, 5) is 0. The van der Waals surface area contributed by atoms with Gasteiger partial charge < -0.3 is 9.73 Å². The molecule has 0 radical (unpaired) electrons. The lowest BCUT2D eigenvalue weighted by Gasteiger charge is -2.16. The highest BCUT2D eigenvalue weighted by Gasteiger charge is 2.15. The predicted octanol–water partition coefficient (Wildman–Crippen LogP) is 3.26. The quantitative estimate of drug-likeness (QED) is 0.748. The molecule has 0 fully saturated rings. The number of hydrogen-bond acceptors (Lipinski definition) is 3. The second-order valence-electron chi connectivity index (χ2n) is 4.79. The van der Waals surface area contributed by atoms with Crippen LogP contribution >= 0.6 is 0 Å². The van der Waals surface area contributed by atoms with Gasteiger partial charge in [-0.25, -0.2) is 0 Å². The molecule has 0 aliphatic heterocycles. The van der Waals surface area contributed by atoms with Gasteiger partial charge in [0.1, 0.15) is 5.76 Å². The van der Waals surface area contributed by atoms with Gasteiger partial charge in [0.25, 0.3) is 0 Å². The first kappa shape index (κ1) is 12.8. The highest BCUT2D eigenvalue weighted by atomic mass is 16.3. The molecule has 0 saturated heterocycles. The van der Waals surface area contributed by atoms with Crippen LogP contribution in [0, 0.1) is 16.7 Å². The van der Waals surface area contributed by atoms with Gasteiger partial charge in [0, 0.05) is 0 Å². The smallest absolute Gasteiger partial charge is 0.120 e. The van der Waals surface area contributed by atoms with E-state index in [9.17, 15) is 0 Å². The number of hydrogen-bond donors (Lipinski definition) is 1. The molecule has 1 rings (SSSR count). The zero-order chi connectivity index (χ0) is 12.0. The molecule has 1 N–H and O–H groups in total. The summed E-state index contributed by atoms with van der Waals surface area (Å²) in [5.74, 6) is 0.958. The number of nitrogens with one attached hydrogen (secondary N) is 1. The standard InChI is InChI=1S/C13H20N2O/c1-11(12-6-4-9-16-12)15-8-5-7-13(2,3)10-14/h4,6,9,11,15H,5,7-8H2,1-3H3. The fraction of sp³-hybridized carbons (Fsp3) is 0.615. The molecule has 1 heterocycles. The molecule has 0 amide bonds. The molecule has 3 nitrogen and oxygen atoms in total. The Balaban J connectivity index is 2.20. The lowest BCUT2D eigenvalue weighted by atomic mass is 9.90. The van der Waals surface area contributed by atoms with Crippen molar-refractivity contribution in [3.63, 3.8) is 0 Å². The molecule has 0 saturated carbocycles. The maximum Gasteiger partial charge on any atom is 0.120 e. The fourth-order valence-corrected chi connectivity index (χ4v) is 1.54. The Labute approximate surface area is 97.5 Å². The van der Waals surface area contributed by atoms with Gasteiger partial charge in [0.05, 0.1) is 23.8 Å². The highest BCUT2D eigenvalue weighted by Crippen LogP contribution is 2.20. The summed E-state index contributed by atoms with van der Waals surface area (Å²) in [6.45, 7) is 6.94. The van der Waals surface area contributed by atoms with Crippen LogP contribution in [0.4, 0.5) is 0 Å². The number of nitriles is 1. The van der Waals surface area contributed by atoms with Crippen LogP contribution in [0.2, 0.25) is 0 Å². The maximum absolute atomic E-state index is 8.87. The molecule has 0 bridgehead atoms. The molecule has 1 aromatic rings. The second kappa shape index (κ2) is 5.72. The van der Waals surface area contributed by atoms with Gasteiger partial charge in [-0.05, 0) is 52.3 Å². The van der Waals surface area contributed by atoms with Crippen LogP contribution < -0.4 is 5.32 Å². The SMILES string of the molecule is CC(NCCCC(C)(C)C#N)c1ccco1. The third kappa shape index (κ3) is 4.08. The van der Waals surface area contributed by atoms with Gasteiger partial charge in [0.15, 0.2) is 0 Å². The molecule has 0 spiro atoms. The molecule has 0 aromatic carbocycles. The van der Waals surface area contributed by atoms with Crippen LogP contribution in [-0.2, 0) is 0 Å². The van der Waals surface area contributed by atoms with Crippen molar-refractivity contribution >= 4 is 0 Å². The molecule has 0 aliphatic rings. The molecule has 1 aromatic heterocycles. The Hall–Kier alpha value is -1.27. The Morgan fingerprint density at radius 1 is 1.56 bits per heavy atom. The van der Waals surface area contributed by atoms with Crippen LogP contribution in [0.25, 0.3) is 0 Å². The van der Waals surface area contributed by atoms with E-state index in [0.717, 1.165) is 25.1 Å². The van der Waals surface area contributed by atoms with Crippen molar-refractivity contribution in [2.45, 2.75) is 39.7 Å². The molecule has 16 heavy (non-hydrogen) atoms. The van der Waals surface area contributed by atoms with Gasteiger partial charge in [-0.15, -0.1) is 0 Å². The van der Waals surface area contributed by atoms with Gasteiger partial charge >= 0.3 is 0 Å². The third-order valence-electron chi connectivity index (χ3n) is 2.70. The van der Waals surface area contributed by atoms with Crippen molar-refractivity contribution < 1.29 is 4.42 Å². The van der Waals surface area contributed by atoms with Gasteiger partial charge in [-0.2, -0.15) is 5.26 Å². The van der Waals surface area contributed by atoms with Crippen molar-refractivity contribution in [1.82, 2.24) is 5.32 Å². The Bertz CT molecular complexity index is 335. The summed E-state index contributed by atoms with van der Waals surface area (Å²) in [6, 6.07) is 6.41. The van der Waals surface area contributed by atoms with E-state index in [-0.39, 0.29) is 11.5 Å². The van der Waals surface area contributed by atoms with Crippen LogP contribution in [0.1, 0.15) is 45.4 Å². The van der Waals surface area contributed by atoms with Crippen LogP contribution in [-0.4, -0.2) is 6.54 Å². The Kier molecular flexibility index (Phi) is 4.57. The van der Waals surface area contributed by atoms with Gasteiger partial charge in [-0.3, -0.25) is 0 Å². The summed E-state index contributed by atoms with van der Waals surface area (Å²) in [5, 5.41) is 12.2. The Morgan fingerprint density at radius 2 is 2.31 bits per heavy atom. The summed E-state index contributed by atoms with van der Waals surface area (Å²) in [5.41, 5.74) is -0.213. The van der Waals surface area contributed by atoms with E-state index >= 15 is 0 Å². The van der Waals surface area contributed by atoms with E-state index in [1.54, 1.807) is 6.26 Å². The minimum Gasteiger partial charge on any atom is -0.468 e. The van der Waals surface area contributed by atoms with E-state index in [0.29, 0.717) is 0 Å². The van der Waals surface area contributed by atoms with Crippen molar-refractivity contribution in [2.24, 2.45) is 5.41 Å². The second-order valence-corrected chi connectivity index (χ2v) is 4.79. The molecule has 88 valence electrons. The average molecular weight is 220 g/mol. The summed E-state index contributed by atoms with van der Waals surface area (Å²) in [6.07, 6.45) is 3.61. The van der Waals surface area contributed by atoms with E-state index in [4.69, 9.17) is 9.68 Å². The predicted molar refractivity (Wildman–Crippen MR) is 63.8 cm³/mol. The van der Waals surface area contributed by atoms with Crippen LogP contribution in [0.3, 0.4) is 0 Å². The minimum absolute atomic E-state index is 0.213. The first-order valence-electron chi connectivity index (χ1n) is 5.73. The third-order valence-corrected chi connectivity index (χ3v) is 2.70. The molecule has 0 aliphatic carbocycles. The lowest BCUT2D eigenvalue weighted by molar-refractivity contribution is 0.395. The molecule has 3 heteroatoms. The van der Waals surface area contributed by atoms with Crippen molar-refractivity contribution in [2.75, 3.05) is 6.54 Å². The highest BCUT2D eigenvalue weighted by molar-refractivity contribution is 5.02. The van der Waals surface area contributed by atoms with E-state index in [1.165, 1.54) is 0 Å². The van der Waals surface area contributed by atoms with Gasteiger partial charge in [-0.1, -0.05) is 0 Å². The topological polar surface area (TPSA) is 49.0 Å². The maximum atomic E-state index is 8.87. The molecular formula is C13H20N2O. The first-order chi connectivity index (χ1) is 7.55. The average Bonchev–Trinajstić information content (AvgIpc) is 2.77. The lowest BCUT2D eigenvalue weighted by Crippen LogP contribution is -2.21. The van der Waals surface area contributed by atoms with Crippen molar-refractivity contribution in [1.29, 1.82) is 5.26 Å². The fourth-order valence-electron chi connectivity index (χ4n) is 1.54. The van der Waals surface area contributed by atoms with Crippen LogP contribution in [0.15, 0.2) is 22.8 Å². The zero-order valence-corrected chi connectivity index (χ0v) is 10.3. The van der Waals surface area contributed by atoms with E-state index < -0.39 is 0 Å². The first-order valence-corrected chi connectivity index (χ1v) is 5.73. The van der Waals surface area contributed by atoms with Crippen molar-refractivity contribution in [3.8, 4) is 6.07 Å². The number of rotatable bonds is 6. The summed E-state index contributed by atoms with van der Waals surface area (Å²) < 4.78 is 5.30. The molecular weight excluding hydrogens is 200 g/mol. The van der Waals surface area contributed by atoms with E-state index in [2.05, 4.69) is 18.3 Å². The normalized spacial score (nSPS) is 13.4. The Morgan fingerprint density at radius 3 is 2.88 bits per heavy atom. The number of furan rings is 1. The summed E-state index contributed by atoms with van der Waals surface area (Å²) >= 11 is 0. The zero-order valence-electron chi connectivity index (χ0n) is 10.3.